The van der Waals surface area contributed by atoms with Crippen molar-refractivity contribution in [2.75, 3.05) is 0 Å². The fraction of sp³-hybridized carbons (Fsp3) is 0.154. The summed E-state index contributed by atoms with van der Waals surface area (Å²) in [7, 11) is 0. The van der Waals surface area contributed by atoms with Gasteiger partial charge in [0, 0.05) is 10.9 Å². The molecule has 1 heterocycles. The maximum absolute atomic E-state index is 11.9. The largest absolute Gasteiger partial charge is 0.469 e. The Bertz CT molecular complexity index is 514. The van der Waals surface area contributed by atoms with Crippen molar-refractivity contribution < 1.29 is 9.21 Å². The average Bonchev–Trinajstić information content (AvgIpc) is 2.68. The van der Waals surface area contributed by atoms with Crippen molar-refractivity contribution in [3.63, 3.8) is 0 Å². The number of ketones is 1. The molecule has 0 spiro atoms. The van der Waals surface area contributed by atoms with Gasteiger partial charge in [0.15, 0.2) is 5.78 Å². The summed E-state index contributed by atoms with van der Waals surface area (Å²) in [6.07, 6.45) is 1.90. The van der Waals surface area contributed by atoms with E-state index in [1.165, 1.54) is 6.26 Å². The molecule has 2 aromatic rings. The highest BCUT2D eigenvalue weighted by Gasteiger charge is 2.11. The van der Waals surface area contributed by atoms with Crippen molar-refractivity contribution >= 4 is 21.7 Å². The second kappa shape index (κ2) is 4.66. The molecule has 3 heteroatoms. The van der Waals surface area contributed by atoms with E-state index in [0.29, 0.717) is 12.0 Å². The zero-order chi connectivity index (χ0) is 11.5. The molecule has 1 aromatic carbocycles. The van der Waals surface area contributed by atoms with Gasteiger partial charge in [0.2, 0.25) is 0 Å². The van der Waals surface area contributed by atoms with Crippen LogP contribution in [0.2, 0.25) is 0 Å². The summed E-state index contributed by atoms with van der Waals surface area (Å²) < 4.78 is 6.08. The molecule has 2 nitrogen and oxygen atoms in total. The highest BCUT2D eigenvalue weighted by Crippen LogP contribution is 2.18. The van der Waals surface area contributed by atoms with E-state index in [1.54, 1.807) is 6.07 Å². The first-order valence-corrected chi connectivity index (χ1v) is 5.78. The van der Waals surface area contributed by atoms with Crippen LogP contribution < -0.4 is 0 Å². The Morgan fingerprint density at radius 2 is 2.12 bits per heavy atom. The van der Waals surface area contributed by atoms with Crippen LogP contribution in [0.5, 0.6) is 0 Å². The van der Waals surface area contributed by atoms with Gasteiger partial charge in [-0.2, -0.15) is 0 Å². The third-order valence-corrected chi connectivity index (χ3v) is 3.13. The summed E-state index contributed by atoms with van der Waals surface area (Å²) in [4.78, 5) is 11.9. The number of aryl methyl sites for hydroxylation is 1. The maximum atomic E-state index is 11.9. The molecule has 0 bridgehead atoms. The molecule has 0 aliphatic rings. The van der Waals surface area contributed by atoms with Crippen molar-refractivity contribution in [2.24, 2.45) is 0 Å². The van der Waals surface area contributed by atoms with Crippen LogP contribution in [-0.2, 0) is 6.42 Å². The minimum atomic E-state index is 0.0729. The van der Waals surface area contributed by atoms with Crippen molar-refractivity contribution in [3.05, 3.63) is 58.0 Å². The molecule has 2 rings (SSSR count). The van der Waals surface area contributed by atoms with E-state index in [-0.39, 0.29) is 5.78 Å². The number of furan rings is 1. The van der Waals surface area contributed by atoms with E-state index >= 15 is 0 Å². The van der Waals surface area contributed by atoms with Gasteiger partial charge in [0.05, 0.1) is 5.56 Å². The number of benzene rings is 1. The van der Waals surface area contributed by atoms with E-state index < -0.39 is 0 Å². The van der Waals surface area contributed by atoms with Crippen LogP contribution in [0.25, 0.3) is 0 Å². The van der Waals surface area contributed by atoms with Crippen molar-refractivity contribution in [1.29, 1.82) is 0 Å². The average molecular weight is 279 g/mol. The van der Waals surface area contributed by atoms with Crippen LogP contribution in [0.4, 0.5) is 0 Å². The number of Topliss-reactive ketones (excluding diaryl/α,β-unsaturated/α-hetero) is 1. The van der Waals surface area contributed by atoms with Crippen LogP contribution in [0.15, 0.2) is 45.5 Å². The molecule has 0 aliphatic carbocycles. The molecular formula is C13H11BrO2. The van der Waals surface area contributed by atoms with E-state index in [9.17, 15) is 4.79 Å². The Balaban J connectivity index is 2.17. The molecule has 0 atom stereocenters. The minimum absolute atomic E-state index is 0.0729. The topological polar surface area (TPSA) is 30.2 Å². The summed E-state index contributed by atoms with van der Waals surface area (Å²) in [6.45, 7) is 1.83. The first-order chi connectivity index (χ1) is 7.66. The van der Waals surface area contributed by atoms with Gasteiger partial charge in [-0.05, 0) is 24.6 Å². The number of hydrogen-bond acceptors (Lipinski definition) is 2. The molecule has 0 aliphatic heterocycles. The molecule has 82 valence electrons. The standard InChI is InChI=1S/C13H11BrO2/c1-9-6-11(8-16-9)13(15)7-10-4-2-3-5-12(10)14/h2-6,8H,7H2,1H3. The Morgan fingerprint density at radius 3 is 2.75 bits per heavy atom. The third-order valence-electron chi connectivity index (χ3n) is 2.36. The second-order valence-electron chi connectivity index (χ2n) is 3.64. The zero-order valence-corrected chi connectivity index (χ0v) is 10.5. The van der Waals surface area contributed by atoms with E-state index in [0.717, 1.165) is 15.8 Å². The SMILES string of the molecule is Cc1cc(C(=O)Cc2ccccc2Br)co1. The lowest BCUT2D eigenvalue weighted by atomic mass is 10.1. The third kappa shape index (κ3) is 2.42. The summed E-state index contributed by atoms with van der Waals surface area (Å²) in [6, 6.07) is 9.49. The Hall–Kier alpha value is -1.35. The van der Waals surface area contributed by atoms with E-state index in [1.807, 2.05) is 31.2 Å². The number of carbonyl (C=O) groups is 1. The highest BCUT2D eigenvalue weighted by atomic mass is 79.9. The molecule has 0 saturated heterocycles. The fourth-order valence-electron chi connectivity index (χ4n) is 1.51. The van der Waals surface area contributed by atoms with Crippen LogP contribution in [0.3, 0.4) is 0 Å². The predicted molar refractivity (Wildman–Crippen MR) is 65.6 cm³/mol. The molecule has 16 heavy (non-hydrogen) atoms. The van der Waals surface area contributed by atoms with Crippen molar-refractivity contribution in [2.45, 2.75) is 13.3 Å². The lowest BCUT2D eigenvalue weighted by Crippen LogP contribution is -2.02. The minimum Gasteiger partial charge on any atom is -0.469 e. The Kier molecular flexibility index (Phi) is 3.25. The smallest absolute Gasteiger partial charge is 0.170 e. The molecule has 1 aromatic heterocycles. The van der Waals surface area contributed by atoms with Gasteiger partial charge in [0.1, 0.15) is 12.0 Å². The number of carbonyl (C=O) groups excluding carboxylic acids is 1. The molecule has 0 N–H and O–H groups in total. The van der Waals surface area contributed by atoms with Crippen LogP contribution in [0.1, 0.15) is 21.7 Å². The molecular weight excluding hydrogens is 268 g/mol. The van der Waals surface area contributed by atoms with Gasteiger partial charge in [-0.3, -0.25) is 4.79 Å². The van der Waals surface area contributed by atoms with Crippen LogP contribution in [-0.4, -0.2) is 5.78 Å². The second-order valence-corrected chi connectivity index (χ2v) is 4.49. The fourth-order valence-corrected chi connectivity index (χ4v) is 1.93. The number of halogens is 1. The van der Waals surface area contributed by atoms with Crippen molar-refractivity contribution in [1.82, 2.24) is 0 Å². The lowest BCUT2D eigenvalue weighted by molar-refractivity contribution is 0.0992. The van der Waals surface area contributed by atoms with Crippen LogP contribution in [0, 0.1) is 6.92 Å². The van der Waals surface area contributed by atoms with E-state index in [2.05, 4.69) is 15.9 Å². The Morgan fingerprint density at radius 1 is 1.38 bits per heavy atom. The quantitative estimate of drug-likeness (QED) is 0.800. The summed E-state index contributed by atoms with van der Waals surface area (Å²) >= 11 is 3.43. The number of rotatable bonds is 3. The predicted octanol–water partition coefficient (Wildman–Crippen LogP) is 3.78. The lowest BCUT2D eigenvalue weighted by Gasteiger charge is -2.01. The molecule has 0 amide bonds. The van der Waals surface area contributed by atoms with Crippen molar-refractivity contribution in [3.8, 4) is 0 Å². The monoisotopic (exact) mass is 278 g/mol. The van der Waals surface area contributed by atoms with Gasteiger partial charge in [-0.25, -0.2) is 0 Å². The highest BCUT2D eigenvalue weighted by molar-refractivity contribution is 9.10. The molecule has 0 radical (unpaired) electrons. The van der Waals surface area contributed by atoms with Gasteiger partial charge >= 0.3 is 0 Å². The Labute approximate surface area is 102 Å². The van der Waals surface area contributed by atoms with E-state index in [4.69, 9.17) is 4.42 Å². The van der Waals surface area contributed by atoms with Crippen LogP contribution >= 0.6 is 15.9 Å². The normalized spacial score (nSPS) is 10.4. The number of hydrogen-bond donors (Lipinski definition) is 0. The van der Waals surface area contributed by atoms with Gasteiger partial charge in [0.25, 0.3) is 0 Å². The maximum Gasteiger partial charge on any atom is 0.170 e. The summed E-state index contributed by atoms with van der Waals surface area (Å²) in [5.74, 6) is 0.833. The van der Waals surface area contributed by atoms with Gasteiger partial charge < -0.3 is 4.42 Å². The summed E-state index contributed by atoms with van der Waals surface area (Å²) in [5.41, 5.74) is 1.62. The molecule has 0 fully saturated rings. The zero-order valence-electron chi connectivity index (χ0n) is 8.87. The first-order valence-electron chi connectivity index (χ1n) is 4.98. The molecule has 0 saturated carbocycles. The molecule has 0 unspecified atom stereocenters. The first kappa shape index (κ1) is 11.1. The summed E-state index contributed by atoms with van der Waals surface area (Å²) in [5, 5.41) is 0. The van der Waals surface area contributed by atoms with Gasteiger partial charge in [-0.15, -0.1) is 0 Å². The van der Waals surface area contributed by atoms with Gasteiger partial charge in [-0.1, -0.05) is 34.1 Å².